The second kappa shape index (κ2) is 5.80. The van der Waals surface area contributed by atoms with Crippen molar-refractivity contribution in [3.05, 3.63) is 51.7 Å². The highest BCUT2D eigenvalue weighted by atomic mass is 19.1. The number of benzene rings is 1. The molecule has 0 aromatic heterocycles. The zero-order valence-electron chi connectivity index (χ0n) is 8.10. The summed E-state index contributed by atoms with van der Waals surface area (Å²) in [5, 5.41) is 3.35. The van der Waals surface area contributed by atoms with Gasteiger partial charge in [-0.05, 0) is 28.8 Å². The van der Waals surface area contributed by atoms with Crippen LogP contribution in [0, 0.1) is 5.82 Å². The van der Waals surface area contributed by atoms with Crippen molar-refractivity contribution in [2.24, 2.45) is 10.8 Å². The van der Waals surface area contributed by atoms with Crippen LogP contribution in [0.15, 0.2) is 29.4 Å². The summed E-state index contributed by atoms with van der Waals surface area (Å²) in [6.07, 6.45) is 3.46. The minimum absolute atomic E-state index is 0.276. The summed E-state index contributed by atoms with van der Waals surface area (Å²) in [6.45, 7) is 0.552. The first-order chi connectivity index (χ1) is 7.27. The molecule has 0 bridgehead atoms. The molecular formula is C10H11FN4. The monoisotopic (exact) mass is 206 g/mol. The highest BCUT2D eigenvalue weighted by Gasteiger charge is 1.98. The van der Waals surface area contributed by atoms with Gasteiger partial charge in [0.05, 0.1) is 0 Å². The van der Waals surface area contributed by atoms with Crippen molar-refractivity contribution in [3.8, 4) is 0 Å². The van der Waals surface area contributed by atoms with Gasteiger partial charge in [0.2, 0.25) is 0 Å². The van der Waals surface area contributed by atoms with Gasteiger partial charge in [0.1, 0.15) is 5.82 Å². The van der Waals surface area contributed by atoms with E-state index in [9.17, 15) is 4.39 Å². The zero-order chi connectivity index (χ0) is 11.1. The third kappa shape index (κ3) is 3.42. The van der Waals surface area contributed by atoms with E-state index in [0.717, 1.165) is 11.1 Å². The summed E-state index contributed by atoms with van der Waals surface area (Å²) in [5.41, 5.74) is 15.1. The van der Waals surface area contributed by atoms with E-state index in [1.807, 2.05) is 0 Å². The number of nitrogens with zero attached hydrogens (tertiary/aromatic N) is 3. The molecule has 5 heteroatoms. The summed E-state index contributed by atoms with van der Waals surface area (Å²) >= 11 is 0. The maximum atomic E-state index is 12.8. The molecule has 1 aromatic carbocycles. The van der Waals surface area contributed by atoms with Crippen LogP contribution >= 0.6 is 0 Å². The lowest BCUT2D eigenvalue weighted by atomic mass is 10.1. The van der Waals surface area contributed by atoms with Crippen LogP contribution in [0.1, 0.15) is 11.1 Å². The first-order valence-electron chi connectivity index (χ1n) is 4.44. The average molecular weight is 206 g/mol. The molecule has 0 unspecified atom stereocenters. The fourth-order valence-electron chi connectivity index (χ4n) is 1.18. The van der Waals surface area contributed by atoms with Crippen molar-refractivity contribution in [2.45, 2.75) is 6.54 Å². The predicted molar refractivity (Wildman–Crippen MR) is 57.3 cm³/mol. The number of azide groups is 1. The standard InChI is InChI=1S/C10H11FN4/c11-10-4-3-8(9(6-10)7-12)2-1-5-14-15-13/h1-4,6H,5,7,12H2. The Bertz CT molecular complexity index is 408. The molecular weight excluding hydrogens is 195 g/mol. The van der Waals surface area contributed by atoms with Crippen LogP contribution in [0.5, 0.6) is 0 Å². The van der Waals surface area contributed by atoms with E-state index < -0.39 is 0 Å². The second-order valence-electron chi connectivity index (χ2n) is 2.86. The smallest absolute Gasteiger partial charge is 0.123 e. The molecule has 1 rings (SSSR count). The Morgan fingerprint density at radius 1 is 1.53 bits per heavy atom. The van der Waals surface area contributed by atoms with Crippen molar-refractivity contribution in [3.63, 3.8) is 0 Å². The SMILES string of the molecule is [N-]=[N+]=NCC=Cc1ccc(F)cc1CN. The van der Waals surface area contributed by atoms with Crippen LogP contribution in [0.2, 0.25) is 0 Å². The maximum Gasteiger partial charge on any atom is 0.123 e. The van der Waals surface area contributed by atoms with Gasteiger partial charge in [-0.1, -0.05) is 23.3 Å². The van der Waals surface area contributed by atoms with Crippen molar-refractivity contribution in [2.75, 3.05) is 6.54 Å². The topological polar surface area (TPSA) is 74.8 Å². The summed E-state index contributed by atoms with van der Waals surface area (Å²) in [4.78, 5) is 2.61. The maximum absolute atomic E-state index is 12.8. The molecule has 0 saturated heterocycles. The molecule has 1 aromatic rings. The molecule has 4 nitrogen and oxygen atoms in total. The van der Waals surface area contributed by atoms with Gasteiger partial charge in [0.25, 0.3) is 0 Å². The van der Waals surface area contributed by atoms with E-state index >= 15 is 0 Å². The van der Waals surface area contributed by atoms with Crippen LogP contribution in [0.4, 0.5) is 4.39 Å². The number of hydrogen-bond donors (Lipinski definition) is 1. The minimum Gasteiger partial charge on any atom is -0.326 e. The third-order valence-electron chi connectivity index (χ3n) is 1.87. The van der Waals surface area contributed by atoms with Crippen molar-refractivity contribution in [1.29, 1.82) is 0 Å². The zero-order valence-corrected chi connectivity index (χ0v) is 8.10. The first kappa shape index (κ1) is 11.2. The van der Waals surface area contributed by atoms with Gasteiger partial charge in [0, 0.05) is 18.0 Å². The molecule has 0 spiro atoms. The van der Waals surface area contributed by atoms with Crippen LogP contribution in [0.3, 0.4) is 0 Å². The Kier molecular flexibility index (Phi) is 4.34. The Balaban J connectivity index is 2.84. The van der Waals surface area contributed by atoms with Gasteiger partial charge < -0.3 is 5.73 Å². The minimum atomic E-state index is -0.303. The molecule has 0 aliphatic rings. The van der Waals surface area contributed by atoms with Crippen LogP contribution < -0.4 is 5.73 Å². The fourth-order valence-corrected chi connectivity index (χ4v) is 1.18. The molecule has 0 amide bonds. The van der Waals surface area contributed by atoms with Gasteiger partial charge in [-0.3, -0.25) is 0 Å². The fraction of sp³-hybridized carbons (Fsp3) is 0.200. The largest absolute Gasteiger partial charge is 0.326 e. The quantitative estimate of drug-likeness (QED) is 0.459. The van der Waals surface area contributed by atoms with E-state index in [2.05, 4.69) is 10.0 Å². The molecule has 0 aliphatic carbocycles. The molecule has 0 aliphatic heterocycles. The molecule has 2 N–H and O–H groups in total. The Labute approximate surface area is 86.8 Å². The Morgan fingerprint density at radius 2 is 2.33 bits per heavy atom. The average Bonchev–Trinajstić information content (AvgIpc) is 2.26. The van der Waals surface area contributed by atoms with Gasteiger partial charge in [-0.25, -0.2) is 4.39 Å². The lowest BCUT2D eigenvalue weighted by Gasteiger charge is -2.02. The highest BCUT2D eigenvalue weighted by Crippen LogP contribution is 2.12. The van der Waals surface area contributed by atoms with Gasteiger partial charge in [-0.2, -0.15) is 0 Å². The van der Waals surface area contributed by atoms with Crippen LogP contribution in [-0.4, -0.2) is 6.54 Å². The van der Waals surface area contributed by atoms with E-state index in [-0.39, 0.29) is 18.9 Å². The lowest BCUT2D eigenvalue weighted by Crippen LogP contribution is -1.99. The van der Waals surface area contributed by atoms with E-state index in [0.29, 0.717) is 0 Å². The Morgan fingerprint density at radius 3 is 3.00 bits per heavy atom. The first-order valence-corrected chi connectivity index (χ1v) is 4.44. The molecule has 78 valence electrons. The van der Waals surface area contributed by atoms with Gasteiger partial charge in [-0.15, -0.1) is 0 Å². The molecule has 0 saturated carbocycles. The van der Waals surface area contributed by atoms with E-state index in [1.165, 1.54) is 12.1 Å². The summed E-state index contributed by atoms with van der Waals surface area (Å²) in [6, 6.07) is 4.41. The van der Waals surface area contributed by atoms with Crippen molar-refractivity contribution >= 4 is 6.08 Å². The number of hydrogen-bond acceptors (Lipinski definition) is 2. The van der Waals surface area contributed by atoms with Gasteiger partial charge >= 0.3 is 0 Å². The molecule has 0 radical (unpaired) electrons. The van der Waals surface area contributed by atoms with Crippen molar-refractivity contribution in [1.82, 2.24) is 0 Å². The summed E-state index contributed by atoms with van der Waals surface area (Å²) in [5.74, 6) is -0.303. The normalized spacial score (nSPS) is 10.3. The highest BCUT2D eigenvalue weighted by molar-refractivity contribution is 5.54. The molecule has 0 fully saturated rings. The van der Waals surface area contributed by atoms with Gasteiger partial charge in [0.15, 0.2) is 0 Å². The number of nitrogens with two attached hydrogens (primary N) is 1. The number of rotatable bonds is 4. The van der Waals surface area contributed by atoms with Crippen LogP contribution in [-0.2, 0) is 6.54 Å². The predicted octanol–water partition coefficient (Wildman–Crippen LogP) is 2.61. The second-order valence-corrected chi connectivity index (χ2v) is 2.86. The third-order valence-corrected chi connectivity index (χ3v) is 1.87. The molecule has 0 heterocycles. The molecule has 15 heavy (non-hydrogen) atoms. The van der Waals surface area contributed by atoms with Crippen molar-refractivity contribution < 1.29 is 4.39 Å². The summed E-state index contributed by atoms with van der Waals surface area (Å²) in [7, 11) is 0. The van der Waals surface area contributed by atoms with E-state index in [1.54, 1.807) is 18.2 Å². The summed E-state index contributed by atoms with van der Waals surface area (Å²) < 4.78 is 12.8. The number of halogens is 1. The Hall–Kier alpha value is -1.84. The lowest BCUT2D eigenvalue weighted by molar-refractivity contribution is 0.625. The van der Waals surface area contributed by atoms with E-state index in [4.69, 9.17) is 11.3 Å². The van der Waals surface area contributed by atoms with Crippen LogP contribution in [0.25, 0.3) is 16.5 Å². The molecule has 0 atom stereocenters.